The Balaban J connectivity index is 2.28. The summed E-state index contributed by atoms with van der Waals surface area (Å²) in [7, 11) is 0. The van der Waals surface area contributed by atoms with Crippen molar-refractivity contribution in [2.75, 3.05) is 5.73 Å². The molecule has 2 rings (SSSR count). The average Bonchev–Trinajstić information content (AvgIpc) is 2.85. The SMILES string of the molecule is Nc1cc(Cl)ccc1C(O)C1CC1. The van der Waals surface area contributed by atoms with E-state index < -0.39 is 6.10 Å². The summed E-state index contributed by atoms with van der Waals surface area (Å²) in [6.45, 7) is 0. The van der Waals surface area contributed by atoms with Crippen LogP contribution in [0.4, 0.5) is 5.69 Å². The fourth-order valence-corrected chi connectivity index (χ4v) is 1.66. The van der Waals surface area contributed by atoms with E-state index in [2.05, 4.69) is 0 Å². The molecule has 1 aromatic carbocycles. The summed E-state index contributed by atoms with van der Waals surface area (Å²) in [6, 6.07) is 5.25. The number of aliphatic hydroxyl groups excluding tert-OH is 1. The van der Waals surface area contributed by atoms with Crippen LogP contribution in [0.25, 0.3) is 0 Å². The van der Waals surface area contributed by atoms with E-state index in [1.165, 1.54) is 0 Å². The molecule has 3 heteroatoms. The summed E-state index contributed by atoms with van der Waals surface area (Å²) in [5, 5.41) is 10.4. The van der Waals surface area contributed by atoms with Crippen LogP contribution in [0.15, 0.2) is 18.2 Å². The lowest BCUT2D eigenvalue weighted by atomic mass is 10.0. The van der Waals surface area contributed by atoms with Gasteiger partial charge in [0.15, 0.2) is 0 Å². The molecule has 1 aliphatic rings. The molecule has 13 heavy (non-hydrogen) atoms. The molecule has 1 unspecified atom stereocenters. The highest BCUT2D eigenvalue weighted by atomic mass is 35.5. The molecule has 1 atom stereocenters. The Morgan fingerprint density at radius 2 is 2.15 bits per heavy atom. The van der Waals surface area contributed by atoms with Crippen LogP contribution in [-0.4, -0.2) is 5.11 Å². The molecule has 1 fully saturated rings. The third kappa shape index (κ3) is 1.79. The predicted octanol–water partition coefficient (Wildman–Crippen LogP) is 2.37. The largest absolute Gasteiger partial charge is 0.398 e. The van der Waals surface area contributed by atoms with Crippen LogP contribution in [0.2, 0.25) is 5.02 Å². The van der Waals surface area contributed by atoms with Gasteiger partial charge in [0.05, 0.1) is 6.10 Å². The summed E-state index contributed by atoms with van der Waals surface area (Å²) < 4.78 is 0. The lowest BCUT2D eigenvalue weighted by Gasteiger charge is -2.12. The Bertz CT molecular complexity index is 323. The van der Waals surface area contributed by atoms with Gasteiger partial charge >= 0.3 is 0 Å². The Kier molecular flexibility index (Phi) is 2.18. The predicted molar refractivity (Wildman–Crippen MR) is 53.5 cm³/mol. The minimum Gasteiger partial charge on any atom is -0.398 e. The van der Waals surface area contributed by atoms with Gasteiger partial charge in [-0.2, -0.15) is 0 Å². The molecule has 0 heterocycles. The van der Waals surface area contributed by atoms with Gasteiger partial charge < -0.3 is 10.8 Å². The molecule has 0 spiro atoms. The first-order chi connectivity index (χ1) is 6.18. The number of hydrogen-bond acceptors (Lipinski definition) is 2. The maximum absolute atomic E-state index is 9.81. The molecular weight excluding hydrogens is 186 g/mol. The Morgan fingerprint density at radius 3 is 2.69 bits per heavy atom. The maximum Gasteiger partial charge on any atom is 0.0838 e. The highest BCUT2D eigenvalue weighted by Crippen LogP contribution is 2.42. The van der Waals surface area contributed by atoms with Gasteiger partial charge in [0.2, 0.25) is 0 Å². The standard InChI is InChI=1S/C10H12ClNO/c11-7-3-4-8(9(12)5-7)10(13)6-1-2-6/h3-6,10,13H,1-2,12H2. The lowest BCUT2D eigenvalue weighted by Crippen LogP contribution is -2.03. The smallest absolute Gasteiger partial charge is 0.0838 e. The summed E-state index contributed by atoms with van der Waals surface area (Å²) in [6.07, 6.45) is 1.80. The molecule has 3 N–H and O–H groups in total. The molecule has 1 aliphatic carbocycles. The van der Waals surface area contributed by atoms with Gasteiger partial charge in [0.1, 0.15) is 0 Å². The normalized spacial score (nSPS) is 18.6. The van der Waals surface area contributed by atoms with E-state index in [-0.39, 0.29) is 0 Å². The highest BCUT2D eigenvalue weighted by molar-refractivity contribution is 6.30. The van der Waals surface area contributed by atoms with Gasteiger partial charge in [0.25, 0.3) is 0 Å². The van der Waals surface area contributed by atoms with E-state index in [1.807, 2.05) is 0 Å². The maximum atomic E-state index is 9.81. The van der Waals surface area contributed by atoms with Gasteiger partial charge in [0, 0.05) is 16.3 Å². The summed E-state index contributed by atoms with van der Waals surface area (Å²) in [5.74, 6) is 0.406. The topological polar surface area (TPSA) is 46.2 Å². The molecule has 1 aromatic rings. The van der Waals surface area contributed by atoms with E-state index in [4.69, 9.17) is 17.3 Å². The van der Waals surface area contributed by atoms with Gasteiger partial charge in [-0.15, -0.1) is 0 Å². The monoisotopic (exact) mass is 197 g/mol. The summed E-state index contributed by atoms with van der Waals surface area (Å²) in [4.78, 5) is 0. The van der Waals surface area contributed by atoms with E-state index in [1.54, 1.807) is 18.2 Å². The second kappa shape index (κ2) is 3.20. The minimum absolute atomic E-state index is 0.405. The second-order valence-electron chi connectivity index (χ2n) is 3.56. The van der Waals surface area contributed by atoms with Crippen LogP contribution >= 0.6 is 11.6 Å². The molecule has 0 radical (unpaired) electrons. The fourth-order valence-electron chi connectivity index (χ4n) is 1.48. The molecule has 70 valence electrons. The number of benzene rings is 1. The Labute approximate surface area is 82.3 Å². The third-order valence-corrected chi connectivity index (χ3v) is 2.67. The molecule has 0 aromatic heterocycles. The van der Waals surface area contributed by atoms with Crippen LogP contribution in [0.5, 0.6) is 0 Å². The van der Waals surface area contributed by atoms with Crippen molar-refractivity contribution in [2.45, 2.75) is 18.9 Å². The highest BCUT2D eigenvalue weighted by Gasteiger charge is 2.31. The summed E-state index contributed by atoms with van der Waals surface area (Å²) in [5.41, 5.74) is 7.15. The number of hydrogen-bond donors (Lipinski definition) is 2. The molecule has 2 nitrogen and oxygen atoms in total. The summed E-state index contributed by atoms with van der Waals surface area (Å²) >= 11 is 5.76. The van der Waals surface area contributed by atoms with E-state index in [0.717, 1.165) is 18.4 Å². The first kappa shape index (κ1) is 8.85. The fraction of sp³-hybridized carbons (Fsp3) is 0.400. The number of halogens is 1. The zero-order valence-electron chi connectivity index (χ0n) is 7.20. The number of nitrogen functional groups attached to an aromatic ring is 1. The van der Waals surface area contributed by atoms with Crippen molar-refractivity contribution in [2.24, 2.45) is 5.92 Å². The van der Waals surface area contributed by atoms with Crippen molar-refractivity contribution in [1.29, 1.82) is 0 Å². The van der Waals surface area contributed by atoms with Crippen molar-refractivity contribution in [3.05, 3.63) is 28.8 Å². The van der Waals surface area contributed by atoms with Gasteiger partial charge in [-0.25, -0.2) is 0 Å². The first-order valence-electron chi connectivity index (χ1n) is 4.41. The molecule has 0 bridgehead atoms. The number of nitrogens with two attached hydrogens (primary N) is 1. The van der Waals surface area contributed by atoms with Crippen molar-refractivity contribution in [3.63, 3.8) is 0 Å². The zero-order chi connectivity index (χ0) is 9.42. The molecule has 0 aliphatic heterocycles. The average molecular weight is 198 g/mol. The number of anilines is 1. The molecular formula is C10H12ClNO. The van der Waals surface area contributed by atoms with Crippen LogP contribution < -0.4 is 5.73 Å². The Hall–Kier alpha value is -0.730. The van der Waals surface area contributed by atoms with Crippen LogP contribution in [0.1, 0.15) is 24.5 Å². The van der Waals surface area contributed by atoms with Crippen LogP contribution in [-0.2, 0) is 0 Å². The van der Waals surface area contributed by atoms with Crippen molar-refractivity contribution >= 4 is 17.3 Å². The van der Waals surface area contributed by atoms with Gasteiger partial charge in [-0.1, -0.05) is 17.7 Å². The quantitative estimate of drug-likeness (QED) is 0.716. The molecule has 0 saturated heterocycles. The number of aliphatic hydroxyl groups is 1. The van der Waals surface area contributed by atoms with Crippen molar-refractivity contribution in [3.8, 4) is 0 Å². The van der Waals surface area contributed by atoms with E-state index in [0.29, 0.717) is 16.6 Å². The van der Waals surface area contributed by atoms with Gasteiger partial charge in [-0.3, -0.25) is 0 Å². The van der Waals surface area contributed by atoms with Crippen LogP contribution in [0.3, 0.4) is 0 Å². The zero-order valence-corrected chi connectivity index (χ0v) is 7.96. The minimum atomic E-state index is -0.405. The molecule has 1 saturated carbocycles. The van der Waals surface area contributed by atoms with Crippen molar-refractivity contribution in [1.82, 2.24) is 0 Å². The van der Waals surface area contributed by atoms with E-state index >= 15 is 0 Å². The molecule has 0 amide bonds. The third-order valence-electron chi connectivity index (χ3n) is 2.44. The van der Waals surface area contributed by atoms with Crippen molar-refractivity contribution < 1.29 is 5.11 Å². The number of rotatable bonds is 2. The van der Waals surface area contributed by atoms with Gasteiger partial charge in [-0.05, 0) is 30.9 Å². The second-order valence-corrected chi connectivity index (χ2v) is 3.99. The first-order valence-corrected chi connectivity index (χ1v) is 4.79. The van der Waals surface area contributed by atoms with E-state index in [9.17, 15) is 5.11 Å². The van der Waals surface area contributed by atoms with Crippen LogP contribution in [0, 0.1) is 5.92 Å². The Morgan fingerprint density at radius 1 is 1.46 bits per heavy atom. The lowest BCUT2D eigenvalue weighted by molar-refractivity contribution is 0.154.